The van der Waals surface area contributed by atoms with Crippen molar-refractivity contribution in [3.05, 3.63) is 64.5 Å². The van der Waals surface area contributed by atoms with Crippen LogP contribution in [-0.2, 0) is 12.5 Å². The smallest absolute Gasteiger partial charge is 0.127 e. The second-order valence-electron chi connectivity index (χ2n) is 4.56. The molecule has 1 nitrogen and oxygen atoms in total. The van der Waals surface area contributed by atoms with Crippen molar-refractivity contribution in [3.63, 3.8) is 0 Å². The number of aryl methyl sites for hydroxylation is 2. The maximum absolute atomic E-state index is 13.2. The number of alkyl halides is 1. The predicted molar refractivity (Wildman–Crippen MR) is 76.2 cm³/mol. The molecule has 0 bridgehead atoms. The maximum Gasteiger partial charge on any atom is 0.127 e. The Kier molecular flexibility index (Phi) is 4.43. The molecule has 0 radical (unpaired) electrons. The van der Waals surface area contributed by atoms with Crippen LogP contribution in [0, 0.1) is 19.7 Å². The second-order valence-corrected chi connectivity index (χ2v) is 4.82. The van der Waals surface area contributed by atoms with Crippen molar-refractivity contribution in [2.45, 2.75) is 26.3 Å². The van der Waals surface area contributed by atoms with Gasteiger partial charge in [0.2, 0.25) is 0 Å². The highest BCUT2D eigenvalue weighted by Crippen LogP contribution is 2.26. The first kappa shape index (κ1) is 13.9. The van der Waals surface area contributed by atoms with E-state index in [1.54, 1.807) is 6.07 Å². The molecule has 0 spiro atoms. The van der Waals surface area contributed by atoms with Gasteiger partial charge >= 0.3 is 0 Å². The van der Waals surface area contributed by atoms with Gasteiger partial charge < -0.3 is 4.74 Å². The molecule has 2 aromatic rings. The summed E-state index contributed by atoms with van der Waals surface area (Å²) >= 11 is 5.90. The average molecular weight is 279 g/mol. The summed E-state index contributed by atoms with van der Waals surface area (Å²) in [6.45, 7) is 4.26. The Labute approximate surface area is 118 Å². The number of benzene rings is 2. The predicted octanol–water partition coefficient (Wildman–Crippen LogP) is 4.76. The number of para-hydroxylation sites is 1. The molecule has 0 aliphatic carbocycles. The number of ether oxygens (including phenoxy) is 1. The van der Waals surface area contributed by atoms with E-state index < -0.39 is 0 Å². The van der Waals surface area contributed by atoms with Crippen LogP contribution in [0.2, 0.25) is 0 Å². The minimum atomic E-state index is -0.244. The maximum atomic E-state index is 13.2. The first-order chi connectivity index (χ1) is 9.11. The van der Waals surface area contributed by atoms with Crippen LogP contribution in [0.3, 0.4) is 0 Å². The van der Waals surface area contributed by atoms with E-state index >= 15 is 0 Å². The van der Waals surface area contributed by atoms with E-state index in [2.05, 4.69) is 0 Å². The molecule has 2 aromatic carbocycles. The number of hydrogen-bond acceptors (Lipinski definition) is 1. The zero-order valence-electron chi connectivity index (χ0n) is 11.0. The molecule has 0 aliphatic heterocycles. The Morgan fingerprint density at radius 2 is 1.84 bits per heavy atom. The van der Waals surface area contributed by atoms with Crippen molar-refractivity contribution in [3.8, 4) is 5.75 Å². The van der Waals surface area contributed by atoms with Gasteiger partial charge in [0.1, 0.15) is 18.2 Å². The normalized spacial score (nSPS) is 10.5. The molecule has 0 aromatic heterocycles. The molecule has 0 saturated carbocycles. The summed E-state index contributed by atoms with van der Waals surface area (Å²) < 4.78 is 19.1. The molecule has 100 valence electrons. The van der Waals surface area contributed by atoms with Crippen LogP contribution >= 0.6 is 11.6 Å². The lowest BCUT2D eigenvalue weighted by Gasteiger charge is -2.14. The van der Waals surface area contributed by atoms with Gasteiger partial charge in [-0.2, -0.15) is 0 Å². The molecule has 2 rings (SSSR count). The van der Waals surface area contributed by atoms with Crippen LogP contribution in [0.25, 0.3) is 0 Å². The molecular formula is C16H16ClFO. The van der Waals surface area contributed by atoms with E-state index in [0.717, 1.165) is 28.0 Å². The summed E-state index contributed by atoms with van der Waals surface area (Å²) in [5, 5.41) is 0. The van der Waals surface area contributed by atoms with Crippen molar-refractivity contribution in [2.75, 3.05) is 0 Å². The Hall–Kier alpha value is -1.54. The summed E-state index contributed by atoms with van der Waals surface area (Å²) in [6.07, 6.45) is 0. The van der Waals surface area contributed by atoms with E-state index in [-0.39, 0.29) is 5.82 Å². The third kappa shape index (κ3) is 3.27. The van der Waals surface area contributed by atoms with Gasteiger partial charge in [0.15, 0.2) is 0 Å². The molecule has 0 fully saturated rings. The van der Waals surface area contributed by atoms with Gasteiger partial charge in [-0.25, -0.2) is 4.39 Å². The molecule has 0 unspecified atom stereocenters. The molecule has 0 heterocycles. The van der Waals surface area contributed by atoms with E-state index in [4.69, 9.17) is 16.3 Å². The Morgan fingerprint density at radius 1 is 1.05 bits per heavy atom. The number of hydrogen-bond donors (Lipinski definition) is 0. The molecular weight excluding hydrogens is 263 g/mol. The van der Waals surface area contributed by atoms with Gasteiger partial charge in [-0.3, -0.25) is 0 Å². The van der Waals surface area contributed by atoms with E-state index in [1.807, 2.05) is 32.0 Å². The van der Waals surface area contributed by atoms with Gasteiger partial charge in [0.05, 0.1) is 5.88 Å². The molecule has 0 atom stereocenters. The molecule has 3 heteroatoms. The quantitative estimate of drug-likeness (QED) is 0.733. The van der Waals surface area contributed by atoms with Gasteiger partial charge in [0.25, 0.3) is 0 Å². The highest BCUT2D eigenvalue weighted by Gasteiger charge is 2.08. The summed E-state index contributed by atoms with van der Waals surface area (Å²) in [7, 11) is 0. The van der Waals surface area contributed by atoms with Gasteiger partial charge in [-0.05, 0) is 42.7 Å². The lowest BCUT2D eigenvalue weighted by molar-refractivity contribution is 0.300. The third-order valence-electron chi connectivity index (χ3n) is 3.12. The largest absolute Gasteiger partial charge is 0.488 e. The van der Waals surface area contributed by atoms with Crippen LogP contribution < -0.4 is 4.74 Å². The third-order valence-corrected chi connectivity index (χ3v) is 3.41. The fraction of sp³-hybridized carbons (Fsp3) is 0.250. The fourth-order valence-corrected chi connectivity index (χ4v) is 2.18. The van der Waals surface area contributed by atoms with Crippen molar-refractivity contribution >= 4 is 11.6 Å². The number of rotatable bonds is 4. The van der Waals surface area contributed by atoms with Gasteiger partial charge in [-0.15, -0.1) is 11.6 Å². The van der Waals surface area contributed by atoms with Crippen LogP contribution in [0.15, 0.2) is 36.4 Å². The molecule has 0 N–H and O–H groups in total. The highest BCUT2D eigenvalue weighted by atomic mass is 35.5. The van der Waals surface area contributed by atoms with Crippen LogP contribution in [0.5, 0.6) is 5.75 Å². The summed E-state index contributed by atoms with van der Waals surface area (Å²) in [6, 6.07) is 10.6. The van der Waals surface area contributed by atoms with Crippen molar-refractivity contribution in [2.24, 2.45) is 0 Å². The lowest BCUT2D eigenvalue weighted by atomic mass is 10.1. The van der Waals surface area contributed by atoms with E-state index in [1.165, 1.54) is 12.1 Å². The molecule has 0 saturated heterocycles. The van der Waals surface area contributed by atoms with Gasteiger partial charge in [-0.1, -0.05) is 24.3 Å². The average Bonchev–Trinajstić information content (AvgIpc) is 2.40. The zero-order valence-corrected chi connectivity index (χ0v) is 11.8. The highest BCUT2D eigenvalue weighted by molar-refractivity contribution is 6.17. The summed E-state index contributed by atoms with van der Waals surface area (Å²) in [5.41, 5.74) is 3.86. The zero-order chi connectivity index (χ0) is 13.8. The lowest BCUT2D eigenvalue weighted by Crippen LogP contribution is -2.02. The minimum absolute atomic E-state index is 0.244. The van der Waals surface area contributed by atoms with Crippen molar-refractivity contribution in [1.82, 2.24) is 0 Å². The molecule has 0 amide bonds. The SMILES string of the molecule is Cc1ccc(F)cc1COc1c(C)cccc1CCl. The Balaban J connectivity index is 2.21. The van der Waals surface area contributed by atoms with Gasteiger partial charge in [0, 0.05) is 5.56 Å². The fourth-order valence-electron chi connectivity index (χ4n) is 1.97. The van der Waals surface area contributed by atoms with Crippen LogP contribution in [-0.4, -0.2) is 0 Å². The first-order valence-electron chi connectivity index (χ1n) is 6.14. The topological polar surface area (TPSA) is 9.23 Å². The summed E-state index contributed by atoms with van der Waals surface area (Å²) in [5.74, 6) is 0.951. The monoisotopic (exact) mass is 278 g/mol. The summed E-state index contributed by atoms with van der Waals surface area (Å²) in [4.78, 5) is 0. The van der Waals surface area contributed by atoms with Crippen LogP contribution in [0.4, 0.5) is 4.39 Å². The Bertz CT molecular complexity index is 581. The van der Waals surface area contributed by atoms with E-state index in [9.17, 15) is 4.39 Å². The second kappa shape index (κ2) is 6.07. The minimum Gasteiger partial charge on any atom is -0.488 e. The van der Waals surface area contributed by atoms with E-state index in [0.29, 0.717) is 12.5 Å². The molecule has 19 heavy (non-hydrogen) atoms. The first-order valence-corrected chi connectivity index (χ1v) is 6.67. The van der Waals surface area contributed by atoms with Crippen LogP contribution in [0.1, 0.15) is 22.3 Å². The molecule has 0 aliphatic rings. The standard InChI is InChI=1S/C16H16ClFO/c1-11-6-7-15(18)8-14(11)10-19-16-12(2)4-3-5-13(16)9-17/h3-8H,9-10H2,1-2H3. The van der Waals surface area contributed by atoms with Crippen molar-refractivity contribution in [1.29, 1.82) is 0 Å². The Morgan fingerprint density at radius 3 is 2.58 bits per heavy atom. The number of halogens is 2. The van der Waals surface area contributed by atoms with Crippen molar-refractivity contribution < 1.29 is 9.13 Å².